The summed E-state index contributed by atoms with van der Waals surface area (Å²) in [5.74, 6) is 0.354. The van der Waals surface area contributed by atoms with E-state index in [1.54, 1.807) is 41.2 Å². The Morgan fingerprint density at radius 2 is 1.93 bits per heavy atom. The smallest absolute Gasteiger partial charge is 0.274 e. The van der Waals surface area contributed by atoms with Gasteiger partial charge in [0.1, 0.15) is 11.5 Å². The molecule has 0 saturated heterocycles. The van der Waals surface area contributed by atoms with Crippen LogP contribution < -0.4 is 10.6 Å². The van der Waals surface area contributed by atoms with Gasteiger partial charge in [-0.2, -0.15) is 0 Å². The predicted octanol–water partition coefficient (Wildman–Crippen LogP) is 1.81. The summed E-state index contributed by atoms with van der Waals surface area (Å²) in [6, 6.07) is 7.21. The van der Waals surface area contributed by atoms with Crippen LogP contribution in [0.4, 0.5) is 0 Å². The molecule has 0 aliphatic heterocycles. The Hall–Kier alpha value is -3.75. The molecular formula is C21H23N7O2. The van der Waals surface area contributed by atoms with E-state index >= 15 is 0 Å². The van der Waals surface area contributed by atoms with Crippen molar-refractivity contribution in [3.05, 3.63) is 59.4 Å². The van der Waals surface area contributed by atoms with Gasteiger partial charge in [-0.1, -0.05) is 5.21 Å². The van der Waals surface area contributed by atoms with E-state index in [-0.39, 0.29) is 23.6 Å². The Balaban J connectivity index is 1.69. The second kappa shape index (κ2) is 8.32. The summed E-state index contributed by atoms with van der Waals surface area (Å²) in [4.78, 5) is 29.0. The molecule has 0 spiro atoms. The summed E-state index contributed by atoms with van der Waals surface area (Å²) < 4.78 is 3.46. The lowest BCUT2D eigenvalue weighted by atomic mass is 10.2. The van der Waals surface area contributed by atoms with Gasteiger partial charge in [0, 0.05) is 37.6 Å². The molecule has 4 rings (SSSR count). The maximum absolute atomic E-state index is 12.7. The molecule has 2 N–H and O–H groups in total. The summed E-state index contributed by atoms with van der Waals surface area (Å²) in [5.41, 5.74) is 2.04. The van der Waals surface area contributed by atoms with Crippen LogP contribution in [0, 0.1) is 0 Å². The topological polar surface area (TPSA) is 107 Å². The lowest BCUT2D eigenvalue weighted by Crippen LogP contribution is -2.26. The van der Waals surface area contributed by atoms with Gasteiger partial charge < -0.3 is 15.2 Å². The highest BCUT2D eigenvalue weighted by Gasteiger charge is 2.27. The van der Waals surface area contributed by atoms with E-state index in [9.17, 15) is 9.59 Å². The van der Waals surface area contributed by atoms with Gasteiger partial charge in [0.15, 0.2) is 5.69 Å². The first-order chi connectivity index (χ1) is 14.6. The Kier molecular flexibility index (Phi) is 5.42. The van der Waals surface area contributed by atoms with Gasteiger partial charge in [-0.05, 0) is 56.2 Å². The van der Waals surface area contributed by atoms with Crippen molar-refractivity contribution in [1.82, 2.24) is 35.2 Å². The summed E-state index contributed by atoms with van der Waals surface area (Å²) in [7, 11) is 1.89. The van der Waals surface area contributed by atoms with Crippen LogP contribution in [0.25, 0.3) is 17.8 Å². The molecule has 0 atom stereocenters. The average molecular weight is 405 g/mol. The molecule has 1 aliphatic carbocycles. The summed E-state index contributed by atoms with van der Waals surface area (Å²) >= 11 is 0. The van der Waals surface area contributed by atoms with E-state index in [1.807, 2.05) is 30.8 Å². The molecule has 2 amide bonds. The molecule has 0 unspecified atom stereocenters. The molecule has 154 valence electrons. The van der Waals surface area contributed by atoms with E-state index in [4.69, 9.17) is 0 Å². The van der Waals surface area contributed by atoms with Gasteiger partial charge >= 0.3 is 0 Å². The van der Waals surface area contributed by atoms with Crippen molar-refractivity contribution in [2.75, 3.05) is 6.54 Å². The minimum atomic E-state index is -0.248. The number of carbonyl (C=O) groups excluding carboxylic acids is 2. The molecule has 30 heavy (non-hydrogen) atoms. The van der Waals surface area contributed by atoms with Crippen molar-refractivity contribution in [3.8, 4) is 5.69 Å². The number of carbonyl (C=O) groups is 2. The third-order valence-corrected chi connectivity index (χ3v) is 4.79. The molecule has 2 heterocycles. The molecule has 1 aliphatic rings. The molecule has 0 bridgehead atoms. The minimum Gasteiger partial charge on any atom is -0.352 e. The quantitative estimate of drug-likeness (QED) is 0.624. The standard InChI is InChI=1S/C21H23N7O2/c1-3-22-20(29)14-4-8-16(9-5-14)28-17(10-11-18-23-12-13-27(18)2)19(25-26-28)21(30)24-15-6-7-15/h4-5,8-13,15H,3,6-7H2,1-2H3,(H,22,29)(H,24,30). The highest BCUT2D eigenvalue weighted by atomic mass is 16.2. The zero-order valence-corrected chi connectivity index (χ0v) is 16.9. The number of rotatable bonds is 7. The lowest BCUT2D eigenvalue weighted by Gasteiger charge is -2.07. The summed E-state index contributed by atoms with van der Waals surface area (Å²) in [5, 5.41) is 14.0. The van der Waals surface area contributed by atoms with Crippen LogP contribution in [-0.2, 0) is 7.05 Å². The van der Waals surface area contributed by atoms with Crippen LogP contribution in [0.2, 0.25) is 0 Å². The molecular weight excluding hydrogens is 382 g/mol. The van der Waals surface area contributed by atoms with E-state index < -0.39 is 0 Å². The Labute approximate surface area is 173 Å². The lowest BCUT2D eigenvalue weighted by molar-refractivity contribution is 0.0941. The summed E-state index contributed by atoms with van der Waals surface area (Å²) in [6.45, 7) is 2.43. The first kappa shape index (κ1) is 19.6. The highest BCUT2D eigenvalue weighted by Crippen LogP contribution is 2.21. The van der Waals surface area contributed by atoms with Crippen molar-refractivity contribution in [1.29, 1.82) is 0 Å². The van der Waals surface area contributed by atoms with Crippen molar-refractivity contribution in [2.45, 2.75) is 25.8 Å². The van der Waals surface area contributed by atoms with Crippen molar-refractivity contribution in [2.24, 2.45) is 7.05 Å². The zero-order chi connectivity index (χ0) is 21.1. The second-order valence-corrected chi connectivity index (χ2v) is 7.12. The molecule has 0 radical (unpaired) electrons. The number of aromatic nitrogens is 5. The third kappa shape index (κ3) is 4.14. The van der Waals surface area contributed by atoms with Crippen LogP contribution >= 0.6 is 0 Å². The Morgan fingerprint density at radius 1 is 1.17 bits per heavy atom. The number of hydrogen-bond acceptors (Lipinski definition) is 5. The fourth-order valence-corrected chi connectivity index (χ4v) is 2.98. The number of benzene rings is 1. The van der Waals surface area contributed by atoms with Gasteiger partial charge in [0.25, 0.3) is 11.8 Å². The SMILES string of the molecule is CCNC(=O)c1ccc(-n2nnc(C(=O)NC3CC3)c2C=Cc2nccn2C)cc1. The number of imidazole rings is 1. The molecule has 2 aromatic heterocycles. The van der Waals surface area contributed by atoms with Gasteiger partial charge in [-0.3, -0.25) is 9.59 Å². The normalized spacial score (nSPS) is 13.5. The van der Waals surface area contributed by atoms with E-state index in [2.05, 4.69) is 25.9 Å². The van der Waals surface area contributed by atoms with Crippen LogP contribution in [0.15, 0.2) is 36.7 Å². The van der Waals surface area contributed by atoms with Crippen LogP contribution in [0.1, 0.15) is 52.1 Å². The number of nitrogens with one attached hydrogen (secondary N) is 2. The largest absolute Gasteiger partial charge is 0.352 e. The number of aryl methyl sites for hydroxylation is 1. The molecule has 9 heteroatoms. The molecule has 9 nitrogen and oxygen atoms in total. The minimum absolute atomic E-state index is 0.137. The zero-order valence-electron chi connectivity index (χ0n) is 16.9. The predicted molar refractivity (Wildman–Crippen MR) is 112 cm³/mol. The molecule has 1 aromatic carbocycles. The van der Waals surface area contributed by atoms with Crippen molar-refractivity contribution < 1.29 is 9.59 Å². The monoisotopic (exact) mass is 405 g/mol. The second-order valence-electron chi connectivity index (χ2n) is 7.12. The van der Waals surface area contributed by atoms with Gasteiger partial charge in [0.2, 0.25) is 0 Å². The average Bonchev–Trinajstić information content (AvgIpc) is 3.30. The van der Waals surface area contributed by atoms with E-state index in [0.29, 0.717) is 23.5 Å². The van der Waals surface area contributed by atoms with Crippen molar-refractivity contribution >= 4 is 24.0 Å². The van der Waals surface area contributed by atoms with Gasteiger partial charge in [0.05, 0.1) is 5.69 Å². The van der Waals surface area contributed by atoms with Crippen molar-refractivity contribution in [3.63, 3.8) is 0 Å². The maximum atomic E-state index is 12.7. The first-order valence-electron chi connectivity index (χ1n) is 9.87. The highest BCUT2D eigenvalue weighted by molar-refractivity contribution is 5.96. The van der Waals surface area contributed by atoms with Gasteiger partial charge in [-0.25, -0.2) is 9.67 Å². The summed E-state index contributed by atoms with van der Waals surface area (Å²) in [6.07, 6.45) is 9.11. The molecule has 1 fully saturated rings. The van der Waals surface area contributed by atoms with E-state index in [0.717, 1.165) is 18.7 Å². The number of nitrogens with zero attached hydrogens (tertiary/aromatic N) is 5. The fourth-order valence-electron chi connectivity index (χ4n) is 2.98. The molecule has 1 saturated carbocycles. The molecule has 3 aromatic rings. The van der Waals surface area contributed by atoms with Crippen LogP contribution in [-0.4, -0.2) is 48.9 Å². The van der Waals surface area contributed by atoms with E-state index in [1.165, 1.54) is 0 Å². The third-order valence-electron chi connectivity index (χ3n) is 4.79. The van der Waals surface area contributed by atoms with Crippen LogP contribution in [0.5, 0.6) is 0 Å². The first-order valence-corrected chi connectivity index (χ1v) is 9.87. The van der Waals surface area contributed by atoms with Crippen LogP contribution in [0.3, 0.4) is 0 Å². The number of hydrogen-bond donors (Lipinski definition) is 2. The number of amides is 2. The Bertz CT molecular complexity index is 1090. The van der Waals surface area contributed by atoms with Gasteiger partial charge in [-0.15, -0.1) is 5.10 Å². The Morgan fingerprint density at radius 3 is 2.57 bits per heavy atom. The maximum Gasteiger partial charge on any atom is 0.274 e. The fraction of sp³-hybridized carbons (Fsp3) is 0.286.